The minimum atomic E-state index is -3.16. The Morgan fingerprint density at radius 2 is 1.83 bits per heavy atom. The molecule has 23 heavy (non-hydrogen) atoms. The molecule has 1 saturated heterocycles. The molecule has 6 nitrogen and oxygen atoms in total. The Morgan fingerprint density at radius 3 is 2.43 bits per heavy atom. The number of nitrogens with zero attached hydrogens (tertiary/aromatic N) is 2. The fourth-order valence-electron chi connectivity index (χ4n) is 2.71. The van der Waals surface area contributed by atoms with Crippen molar-refractivity contribution in [3.05, 3.63) is 29.8 Å². The molecule has 0 bridgehead atoms. The molecule has 1 fully saturated rings. The minimum absolute atomic E-state index is 0.0597. The number of ether oxygens (including phenoxy) is 1. The van der Waals surface area contributed by atoms with Gasteiger partial charge in [-0.3, -0.25) is 4.79 Å². The van der Waals surface area contributed by atoms with E-state index in [1.807, 2.05) is 24.3 Å². The van der Waals surface area contributed by atoms with Crippen LogP contribution in [0.5, 0.6) is 5.75 Å². The van der Waals surface area contributed by atoms with Gasteiger partial charge in [-0.2, -0.15) is 4.31 Å². The summed E-state index contributed by atoms with van der Waals surface area (Å²) in [5, 5.41) is 0. The van der Waals surface area contributed by atoms with Gasteiger partial charge in [-0.05, 0) is 25.0 Å². The van der Waals surface area contributed by atoms with Crippen LogP contribution in [0.25, 0.3) is 0 Å². The fraction of sp³-hybridized carbons (Fsp3) is 0.562. The van der Waals surface area contributed by atoms with E-state index in [0.29, 0.717) is 39.0 Å². The van der Waals surface area contributed by atoms with Crippen LogP contribution >= 0.6 is 0 Å². The quantitative estimate of drug-likeness (QED) is 0.778. The van der Waals surface area contributed by atoms with E-state index in [0.717, 1.165) is 11.3 Å². The molecule has 1 aromatic rings. The van der Waals surface area contributed by atoms with Gasteiger partial charge in [0, 0.05) is 32.6 Å². The van der Waals surface area contributed by atoms with Gasteiger partial charge in [0.25, 0.3) is 0 Å². The molecule has 1 aliphatic rings. The van der Waals surface area contributed by atoms with Gasteiger partial charge in [0.15, 0.2) is 0 Å². The number of para-hydroxylation sites is 1. The maximum atomic E-state index is 12.3. The first kappa shape index (κ1) is 17.7. The Hall–Kier alpha value is -1.60. The highest BCUT2D eigenvalue weighted by Gasteiger charge is 2.27. The lowest BCUT2D eigenvalue weighted by atomic mass is 10.1. The zero-order valence-corrected chi connectivity index (χ0v) is 14.5. The second kappa shape index (κ2) is 7.79. The highest BCUT2D eigenvalue weighted by atomic mass is 32.2. The summed E-state index contributed by atoms with van der Waals surface area (Å²) in [5.74, 6) is 0.956. The van der Waals surface area contributed by atoms with Gasteiger partial charge < -0.3 is 9.64 Å². The van der Waals surface area contributed by atoms with Crippen LogP contribution in [-0.2, 0) is 21.2 Å². The lowest BCUT2D eigenvalue weighted by molar-refractivity contribution is -0.132. The molecule has 0 spiro atoms. The maximum Gasteiger partial charge on any atom is 0.222 e. The summed E-state index contributed by atoms with van der Waals surface area (Å²) in [6.07, 6.45) is 1.03. The van der Waals surface area contributed by atoms with Crippen molar-refractivity contribution in [3.8, 4) is 5.75 Å². The summed E-state index contributed by atoms with van der Waals surface area (Å²) < 4.78 is 30.4. The first-order valence-electron chi connectivity index (χ1n) is 7.85. The van der Waals surface area contributed by atoms with Gasteiger partial charge in [-0.1, -0.05) is 18.2 Å². The molecule has 0 aromatic heterocycles. The summed E-state index contributed by atoms with van der Waals surface area (Å²) in [5.41, 5.74) is 1.01. The number of hydrogen-bond donors (Lipinski definition) is 0. The first-order chi connectivity index (χ1) is 11.0. The van der Waals surface area contributed by atoms with Crippen LogP contribution < -0.4 is 4.74 Å². The number of carbonyl (C=O) groups is 1. The van der Waals surface area contributed by atoms with Crippen molar-refractivity contribution in [2.75, 3.05) is 39.0 Å². The van der Waals surface area contributed by atoms with E-state index in [2.05, 4.69) is 0 Å². The number of amides is 1. The summed E-state index contributed by atoms with van der Waals surface area (Å²) in [4.78, 5) is 14.1. The number of piperazine rings is 1. The van der Waals surface area contributed by atoms with Crippen LogP contribution in [0.3, 0.4) is 0 Å². The number of methoxy groups -OCH3 is 1. The van der Waals surface area contributed by atoms with Crippen molar-refractivity contribution in [2.45, 2.75) is 19.8 Å². The topological polar surface area (TPSA) is 66.9 Å². The van der Waals surface area contributed by atoms with Gasteiger partial charge in [0.2, 0.25) is 15.9 Å². The predicted molar refractivity (Wildman–Crippen MR) is 88.9 cm³/mol. The molecule has 128 valence electrons. The third-order valence-corrected chi connectivity index (χ3v) is 6.03. The molecule has 7 heteroatoms. The van der Waals surface area contributed by atoms with E-state index >= 15 is 0 Å². The van der Waals surface area contributed by atoms with Gasteiger partial charge in [0.05, 0.1) is 12.9 Å². The average molecular weight is 340 g/mol. The number of hydrogen-bond acceptors (Lipinski definition) is 4. The van der Waals surface area contributed by atoms with Crippen LogP contribution in [-0.4, -0.2) is 62.6 Å². The molecule has 0 radical (unpaired) electrons. The standard InChI is InChI=1S/C16H24N2O4S/c1-3-23(20,21)18-12-10-17(11-13-18)16(19)9-8-14-6-4-5-7-15(14)22-2/h4-7H,3,8-13H2,1-2H3. The summed E-state index contributed by atoms with van der Waals surface area (Å²) in [7, 11) is -1.54. The molecule has 0 N–H and O–H groups in total. The molecule has 1 amide bonds. The molecular weight excluding hydrogens is 316 g/mol. The third kappa shape index (κ3) is 4.45. The van der Waals surface area contributed by atoms with Crippen LogP contribution in [0.15, 0.2) is 24.3 Å². The number of sulfonamides is 1. The van der Waals surface area contributed by atoms with E-state index in [-0.39, 0.29) is 11.7 Å². The zero-order valence-electron chi connectivity index (χ0n) is 13.7. The van der Waals surface area contributed by atoms with E-state index < -0.39 is 10.0 Å². The normalized spacial score (nSPS) is 16.3. The van der Waals surface area contributed by atoms with Crippen molar-refractivity contribution >= 4 is 15.9 Å². The Bertz CT molecular complexity index is 637. The monoisotopic (exact) mass is 340 g/mol. The molecule has 1 heterocycles. The lowest BCUT2D eigenvalue weighted by Gasteiger charge is -2.33. The van der Waals surface area contributed by atoms with Crippen LogP contribution in [0, 0.1) is 0 Å². The number of carbonyl (C=O) groups excluding carboxylic acids is 1. The van der Waals surface area contributed by atoms with E-state index in [9.17, 15) is 13.2 Å². The van der Waals surface area contributed by atoms with Gasteiger partial charge >= 0.3 is 0 Å². The summed E-state index contributed by atoms with van der Waals surface area (Å²) in [6.45, 7) is 3.33. The predicted octanol–water partition coefficient (Wildman–Crippen LogP) is 1.12. The second-order valence-corrected chi connectivity index (χ2v) is 7.75. The van der Waals surface area contributed by atoms with Gasteiger partial charge in [-0.25, -0.2) is 8.42 Å². The summed E-state index contributed by atoms with van der Waals surface area (Å²) >= 11 is 0. The Balaban J connectivity index is 1.86. The third-order valence-electron chi connectivity index (χ3n) is 4.15. The van der Waals surface area contributed by atoms with Crippen molar-refractivity contribution in [2.24, 2.45) is 0 Å². The van der Waals surface area contributed by atoms with Gasteiger partial charge in [0.1, 0.15) is 5.75 Å². The first-order valence-corrected chi connectivity index (χ1v) is 9.46. The molecule has 1 aromatic carbocycles. The van der Waals surface area contributed by atoms with E-state index in [4.69, 9.17) is 4.74 Å². The second-order valence-electron chi connectivity index (χ2n) is 5.49. The Kier molecular flexibility index (Phi) is 6.01. The minimum Gasteiger partial charge on any atom is -0.496 e. The molecule has 0 unspecified atom stereocenters. The SMILES string of the molecule is CCS(=O)(=O)N1CCN(C(=O)CCc2ccccc2OC)CC1. The Morgan fingerprint density at radius 1 is 1.17 bits per heavy atom. The van der Waals surface area contributed by atoms with Crippen LogP contribution in [0.4, 0.5) is 0 Å². The van der Waals surface area contributed by atoms with Crippen molar-refractivity contribution in [1.82, 2.24) is 9.21 Å². The molecule has 0 atom stereocenters. The molecular formula is C16H24N2O4S. The average Bonchev–Trinajstić information content (AvgIpc) is 2.60. The largest absolute Gasteiger partial charge is 0.496 e. The summed E-state index contributed by atoms with van der Waals surface area (Å²) in [6, 6.07) is 7.67. The number of rotatable bonds is 6. The lowest BCUT2D eigenvalue weighted by Crippen LogP contribution is -2.50. The molecule has 2 rings (SSSR count). The van der Waals surface area contributed by atoms with E-state index in [1.165, 1.54) is 4.31 Å². The highest BCUT2D eigenvalue weighted by Crippen LogP contribution is 2.19. The van der Waals surface area contributed by atoms with Crippen LogP contribution in [0.1, 0.15) is 18.9 Å². The highest BCUT2D eigenvalue weighted by molar-refractivity contribution is 7.89. The molecule has 0 saturated carbocycles. The number of aryl methyl sites for hydroxylation is 1. The van der Waals surface area contributed by atoms with E-state index in [1.54, 1.807) is 18.9 Å². The smallest absolute Gasteiger partial charge is 0.222 e. The van der Waals surface area contributed by atoms with Crippen molar-refractivity contribution in [3.63, 3.8) is 0 Å². The zero-order chi connectivity index (χ0) is 16.9. The molecule has 1 aliphatic heterocycles. The fourth-order valence-corrected chi connectivity index (χ4v) is 3.79. The number of benzene rings is 1. The van der Waals surface area contributed by atoms with Crippen molar-refractivity contribution < 1.29 is 17.9 Å². The Labute approximate surface area is 138 Å². The molecule has 0 aliphatic carbocycles. The van der Waals surface area contributed by atoms with Crippen LogP contribution in [0.2, 0.25) is 0 Å². The maximum absolute atomic E-state index is 12.3. The van der Waals surface area contributed by atoms with Crippen molar-refractivity contribution in [1.29, 1.82) is 0 Å². The van der Waals surface area contributed by atoms with Gasteiger partial charge in [-0.15, -0.1) is 0 Å².